The number of hydrogen-bond acceptors (Lipinski definition) is 7. The van der Waals surface area contributed by atoms with Crippen LogP contribution in [0.2, 0.25) is 0 Å². The predicted molar refractivity (Wildman–Crippen MR) is 116 cm³/mol. The molecule has 0 aliphatic rings. The fourth-order valence-electron chi connectivity index (χ4n) is 3.67. The fraction of sp³-hybridized carbons (Fsp3) is 0.684. The minimum atomic E-state index is -4.78. The van der Waals surface area contributed by atoms with Gasteiger partial charge in [0, 0.05) is 0 Å². The summed E-state index contributed by atoms with van der Waals surface area (Å²) in [4.78, 5) is 31.2. The fourth-order valence-corrected chi connectivity index (χ4v) is 5.80. The van der Waals surface area contributed by atoms with Crippen molar-refractivity contribution < 1.29 is 38.6 Å². The van der Waals surface area contributed by atoms with Crippen LogP contribution >= 0.6 is 7.60 Å². The molecule has 3 N–H and O–H groups in total. The molecule has 31 heavy (non-hydrogen) atoms. The minimum absolute atomic E-state index is 0.0726. The Balaban J connectivity index is 3.38. The zero-order valence-electron chi connectivity index (χ0n) is 18.2. The van der Waals surface area contributed by atoms with E-state index in [0.717, 1.165) is 0 Å². The quantitative estimate of drug-likeness (QED) is 0.115. The number of aliphatic hydroxyl groups is 1. The van der Waals surface area contributed by atoms with Crippen LogP contribution in [0.4, 0.5) is 5.69 Å². The van der Waals surface area contributed by atoms with Crippen molar-refractivity contribution in [2.75, 3.05) is 13.9 Å². The van der Waals surface area contributed by atoms with Crippen LogP contribution in [0, 0.1) is 22.0 Å². The van der Waals surface area contributed by atoms with Gasteiger partial charge in [-0.25, -0.2) is 0 Å². The molecule has 0 amide bonds. The SMILES string of the molecule is COCO[C@@H]([SeH])C(CC(O)c1ccccc1[N+](=O)[O-])OC(C(C)C)(C(C)C)P(=O)(O)O. The second kappa shape index (κ2) is 11.8. The Bertz CT molecular complexity index is 763. The van der Waals surface area contributed by atoms with Crippen molar-refractivity contribution in [2.45, 2.75) is 56.7 Å². The van der Waals surface area contributed by atoms with Gasteiger partial charge in [0.25, 0.3) is 0 Å². The molecule has 0 fully saturated rings. The van der Waals surface area contributed by atoms with Gasteiger partial charge in [0.1, 0.15) is 0 Å². The number of nitrogens with zero attached hydrogens (tertiary/aromatic N) is 1. The van der Waals surface area contributed by atoms with Crippen LogP contribution in [0.1, 0.15) is 45.8 Å². The molecule has 0 aliphatic heterocycles. The summed E-state index contributed by atoms with van der Waals surface area (Å²) in [5.41, 5.74) is -0.189. The first-order valence-corrected chi connectivity index (χ1v) is 12.4. The number of para-hydroxylation sites is 1. The topological polar surface area (TPSA) is 149 Å². The van der Waals surface area contributed by atoms with E-state index in [0.29, 0.717) is 0 Å². The van der Waals surface area contributed by atoms with Crippen LogP contribution < -0.4 is 0 Å². The van der Waals surface area contributed by atoms with E-state index in [1.165, 1.54) is 25.3 Å². The Morgan fingerprint density at radius 1 is 1.19 bits per heavy atom. The van der Waals surface area contributed by atoms with E-state index in [4.69, 9.17) is 14.2 Å². The summed E-state index contributed by atoms with van der Waals surface area (Å²) in [6.45, 7) is 6.45. The Kier molecular flexibility index (Phi) is 10.8. The first-order chi connectivity index (χ1) is 14.3. The van der Waals surface area contributed by atoms with Crippen molar-refractivity contribution in [1.29, 1.82) is 0 Å². The van der Waals surface area contributed by atoms with E-state index >= 15 is 0 Å². The van der Waals surface area contributed by atoms with Crippen molar-refractivity contribution in [3.8, 4) is 0 Å². The van der Waals surface area contributed by atoms with Gasteiger partial charge in [-0.1, -0.05) is 0 Å². The van der Waals surface area contributed by atoms with Gasteiger partial charge in [-0.3, -0.25) is 0 Å². The number of methoxy groups -OCH3 is 1. The standard InChI is InChI=1S/C19H32NO9PSe/c1-12(2)19(13(3)4,30(24,25)26)29-17(18(31)28-11-27-5)10-16(21)14-8-6-7-9-15(14)20(22)23/h6-9,12-13,16-18,21,31H,10-11H2,1-5H3,(H2,24,25,26)/t16?,17?,18-/m0/s1. The van der Waals surface area contributed by atoms with Gasteiger partial charge in [-0.15, -0.1) is 0 Å². The van der Waals surface area contributed by atoms with E-state index in [9.17, 15) is 29.6 Å². The Labute approximate surface area is 190 Å². The number of ether oxygens (including phenoxy) is 3. The molecule has 0 radical (unpaired) electrons. The molecule has 0 saturated heterocycles. The third kappa shape index (κ3) is 6.81. The second-order valence-corrected chi connectivity index (χ2v) is 10.6. The number of rotatable bonds is 13. The normalized spacial score (nSPS) is 15.8. The molecule has 178 valence electrons. The molecular formula is C19H32NO9PSe. The number of hydrogen-bond donors (Lipinski definition) is 3. The summed E-state index contributed by atoms with van der Waals surface area (Å²) in [7, 11) is -3.37. The summed E-state index contributed by atoms with van der Waals surface area (Å²) < 4.78 is 29.1. The van der Waals surface area contributed by atoms with Crippen LogP contribution in [0.3, 0.4) is 0 Å². The second-order valence-electron chi connectivity index (χ2n) is 7.79. The van der Waals surface area contributed by atoms with Crippen molar-refractivity contribution in [2.24, 2.45) is 11.8 Å². The van der Waals surface area contributed by atoms with Gasteiger partial charge < -0.3 is 0 Å². The molecule has 0 heterocycles. The van der Waals surface area contributed by atoms with Crippen molar-refractivity contribution in [3.05, 3.63) is 39.9 Å². The van der Waals surface area contributed by atoms with E-state index in [1.807, 2.05) is 0 Å². The number of benzene rings is 1. The van der Waals surface area contributed by atoms with Gasteiger partial charge >= 0.3 is 190 Å². The first-order valence-electron chi connectivity index (χ1n) is 9.73. The molecule has 0 saturated carbocycles. The molecule has 10 nitrogen and oxygen atoms in total. The van der Waals surface area contributed by atoms with Crippen molar-refractivity contribution >= 4 is 29.3 Å². The molecule has 0 aromatic heterocycles. The van der Waals surface area contributed by atoms with Crippen LogP contribution in [0.15, 0.2) is 24.3 Å². The van der Waals surface area contributed by atoms with E-state index in [2.05, 4.69) is 16.0 Å². The molecular weight excluding hydrogens is 496 g/mol. The van der Waals surface area contributed by atoms with E-state index in [-0.39, 0.29) is 24.5 Å². The zero-order valence-corrected chi connectivity index (χ0v) is 21.0. The average Bonchev–Trinajstić information content (AvgIpc) is 2.67. The molecule has 2 unspecified atom stereocenters. The summed E-state index contributed by atoms with van der Waals surface area (Å²) in [5.74, 6) is -1.16. The molecule has 0 aliphatic carbocycles. The molecule has 3 atom stereocenters. The molecule has 0 bridgehead atoms. The average molecular weight is 528 g/mol. The number of nitro groups is 1. The van der Waals surface area contributed by atoms with Crippen LogP contribution in [0.5, 0.6) is 0 Å². The van der Waals surface area contributed by atoms with Gasteiger partial charge in [0.15, 0.2) is 0 Å². The summed E-state index contributed by atoms with van der Waals surface area (Å²) in [6, 6.07) is 5.75. The Hall–Kier alpha value is -0.871. The molecule has 1 aromatic carbocycles. The third-order valence-electron chi connectivity index (χ3n) is 5.07. The Morgan fingerprint density at radius 2 is 1.74 bits per heavy atom. The summed E-state index contributed by atoms with van der Waals surface area (Å²) >= 11 is 2.18. The number of aliphatic hydroxyl groups excluding tert-OH is 1. The van der Waals surface area contributed by atoms with Crippen molar-refractivity contribution in [1.82, 2.24) is 0 Å². The molecule has 0 spiro atoms. The van der Waals surface area contributed by atoms with Gasteiger partial charge in [0.2, 0.25) is 0 Å². The molecule has 12 heteroatoms. The third-order valence-corrected chi connectivity index (χ3v) is 8.13. The van der Waals surface area contributed by atoms with Crippen LogP contribution in [0.25, 0.3) is 0 Å². The van der Waals surface area contributed by atoms with Crippen LogP contribution in [-0.2, 0) is 18.8 Å². The van der Waals surface area contributed by atoms with E-state index in [1.54, 1.807) is 33.8 Å². The number of nitro benzene ring substituents is 1. The summed E-state index contributed by atoms with van der Waals surface area (Å²) in [5, 5.41) is 19.5. The summed E-state index contributed by atoms with van der Waals surface area (Å²) in [6.07, 6.45) is -2.56. The van der Waals surface area contributed by atoms with Gasteiger partial charge in [-0.2, -0.15) is 0 Å². The molecule has 1 aromatic rings. The maximum absolute atomic E-state index is 12.6. The zero-order chi connectivity index (χ0) is 24.0. The predicted octanol–water partition coefficient (Wildman–Crippen LogP) is 2.44. The first kappa shape index (κ1) is 28.2. The van der Waals surface area contributed by atoms with Gasteiger partial charge in [-0.05, 0) is 0 Å². The molecule has 1 rings (SSSR count). The Morgan fingerprint density at radius 3 is 2.19 bits per heavy atom. The van der Waals surface area contributed by atoms with Gasteiger partial charge in [0.05, 0.1) is 0 Å². The van der Waals surface area contributed by atoms with Crippen molar-refractivity contribution in [3.63, 3.8) is 0 Å². The maximum atomic E-state index is 12.6. The monoisotopic (exact) mass is 529 g/mol. The van der Waals surface area contributed by atoms with E-state index < -0.39 is 46.9 Å². The van der Waals surface area contributed by atoms with Crippen LogP contribution in [-0.4, -0.2) is 66.2 Å².